The quantitative estimate of drug-likeness (QED) is 0.799. The van der Waals surface area contributed by atoms with E-state index < -0.39 is 0 Å². The topological polar surface area (TPSA) is 75.6 Å². The molecule has 2 N–H and O–H groups in total. The average molecular weight is 365 g/mol. The van der Waals surface area contributed by atoms with Crippen molar-refractivity contribution in [1.82, 2.24) is 5.32 Å². The maximum absolute atomic E-state index is 12.8. The lowest BCUT2D eigenvalue weighted by Crippen LogP contribution is -2.41. The Morgan fingerprint density at radius 3 is 2.48 bits per heavy atom. The minimum atomic E-state index is -0.290. The molecule has 0 saturated heterocycles. The van der Waals surface area contributed by atoms with Crippen LogP contribution in [0.25, 0.3) is 0 Å². The van der Waals surface area contributed by atoms with Gasteiger partial charge in [0.25, 0.3) is 5.91 Å². The van der Waals surface area contributed by atoms with Crippen molar-refractivity contribution < 1.29 is 19.4 Å². The second-order valence-corrected chi connectivity index (χ2v) is 7.44. The highest BCUT2D eigenvalue weighted by Crippen LogP contribution is 2.40. The van der Waals surface area contributed by atoms with Crippen molar-refractivity contribution in [2.45, 2.75) is 38.3 Å². The number of hydrogen-bond donors (Lipinski definition) is 2. The number of carbonyl (C=O) groups is 2. The molecule has 2 aromatic carbocycles. The van der Waals surface area contributed by atoms with Crippen molar-refractivity contribution in [2.75, 3.05) is 6.61 Å². The van der Waals surface area contributed by atoms with Crippen molar-refractivity contribution in [1.29, 1.82) is 0 Å². The summed E-state index contributed by atoms with van der Waals surface area (Å²) in [6, 6.07) is 12.6. The summed E-state index contributed by atoms with van der Waals surface area (Å²) in [5, 5.41) is 12.9. The van der Waals surface area contributed by atoms with Crippen LogP contribution in [-0.2, 0) is 6.42 Å². The molecule has 2 aromatic rings. The van der Waals surface area contributed by atoms with Gasteiger partial charge < -0.3 is 15.2 Å². The number of rotatable bonds is 5. The van der Waals surface area contributed by atoms with Gasteiger partial charge in [-0.2, -0.15) is 0 Å². The minimum absolute atomic E-state index is 0.0244. The summed E-state index contributed by atoms with van der Waals surface area (Å²) in [5.41, 5.74) is 3.32. The van der Waals surface area contributed by atoms with Crippen LogP contribution in [0.2, 0.25) is 0 Å². The molecule has 1 aliphatic carbocycles. The molecular weight excluding hydrogens is 342 g/mol. The van der Waals surface area contributed by atoms with E-state index in [2.05, 4.69) is 11.4 Å². The third kappa shape index (κ3) is 3.60. The largest absolute Gasteiger partial charge is 0.493 e. The Balaban J connectivity index is 1.56. The van der Waals surface area contributed by atoms with Gasteiger partial charge in [-0.05, 0) is 61.1 Å². The molecule has 0 unspecified atom stereocenters. The first kappa shape index (κ1) is 17.7. The minimum Gasteiger partial charge on any atom is -0.493 e. The van der Waals surface area contributed by atoms with Gasteiger partial charge in [0.2, 0.25) is 0 Å². The van der Waals surface area contributed by atoms with Gasteiger partial charge in [0.1, 0.15) is 5.75 Å². The van der Waals surface area contributed by atoms with Crippen LogP contribution >= 0.6 is 0 Å². The summed E-state index contributed by atoms with van der Waals surface area (Å²) in [5.74, 6) is 0.926. The highest BCUT2D eigenvalue weighted by molar-refractivity contribution is 5.97. The van der Waals surface area contributed by atoms with Crippen LogP contribution in [-0.4, -0.2) is 29.5 Å². The van der Waals surface area contributed by atoms with Crippen LogP contribution in [0.4, 0.5) is 0 Å². The molecular formula is C22H23NO4. The summed E-state index contributed by atoms with van der Waals surface area (Å²) >= 11 is 0. The third-order valence-corrected chi connectivity index (χ3v) is 5.53. The monoisotopic (exact) mass is 365 g/mol. The number of fused-ring (bicyclic) bond motifs is 1. The standard InChI is InChI=1S/C22H23NO4/c1-13(24)14-2-4-15(5-3-14)22(26)23-21(18-11-19(25)12-18)17-6-7-20-16(10-17)8-9-27-20/h2-7,10,18-19,21,25H,8-9,11-12H2,1H3,(H,23,26)/t18?,19?,21-/m0/s1. The first-order chi connectivity index (χ1) is 13.0. The second-order valence-electron chi connectivity index (χ2n) is 7.44. The number of aliphatic hydroxyl groups excluding tert-OH is 1. The zero-order chi connectivity index (χ0) is 19.0. The van der Waals surface area contributed by atoms with Crippen molar-refractivity contribution in [3.05, 3.63) is 64.7 Å². The Hall–Kier alpha value is -2.66. The van der Waals surface area contributed by atoms with Gasteiger partial charge >= 0.3 is 0 Å². The van der Waals surface area contributed by atoms with Crippen LogP contribution in [0.3, 0.4) is 0 Å². The summed E-state index contributed by atoms with van der Waals surface area (Å²) in [6.45, 7) is 2.20. The van der Waals surface area contributed by atoms with Gasteiger partial charge in [-0.25, -0.2) is 0 Å². The lowest BCUT2D eigenvalue weighted by molar-refractivity contribution is 0.0235. The van der Waals surface area contributed by atoms with E-state index in [0.717, 1.165) is 23.3 Å². The number of hydrogen-bond acceptors (Lipinski definition) is 4. The highest BCUT2D eigenvalue weighted by Gasteiger charge is 2.36. The van der Waals surface area contributed by atoms with Crippen molar-refractivity contribution in [3.63, 3.8) is 0 Å². The molecule has 140 valence electrons. The smallest absolute Gasteiger partial charge is 0.251 e. The summed E-state index contributed by atoms with van der Waals surface area (Å²) < 4.78 is 5.58. The van der Waals surface area contributed by atoms with E-state index >= 15 is 0 Å². The van der Waals surface area contributed by atoms with E-state index in [1.54, 1.807) is 24.3 Å². The Bertz CT molecular complexity index is 868. The lowest BCUT2D eigenvalue weighted by Gasteiger charge is -2.38. The van der Waals surface area contributed by atoms with E-state index in [1.807, 2.05) is 12.1 Å². The molecule has 27 heavy (non-hydrogen) atoms. The number of ketones is 1. The van der Waals surface area contributed by atoms with E-state index in [9.17, 15) is 14.7 Å². The molecule has 0 radical (unpaired) electrons. The Kier molecular flexibility index (Phi) is 4.70. The predicted molar refractivity (Wildman–Crippen MR) is 101 cm³/mol. The first-order valence-corrected chi connectivity index (χ1v) is 9.37. The molecule has 0 spiro atoms. The first-order valence-electron chi connectivity index (χ1n) is 9.37. The number of ether oxygens (including phenoxy) is 1. The predicted octanol–water partition coefficient (Wildman–Crippen LogP) is 3.07. The van der Waals surface area contributed by atoms with E-state index in [1.165, 1.54) is 6.92 Å². The van der Waals surface area contributed by atoms with Crippen molar-refractivity contribution >= 4 is 11.7 Å². The SMILES string of the molecule is CC(=O)c1ccc(C(=O)N[C@@H](c2ccc3c(c2)CCO3)C2CC(O)C2)cc1. The molecule has 0 aromatic heterocycles. The molecule has 1 saturated carbocycles. The van der Waals surface area contributed by atoms with Crippen molar-refractivity contribution in [3.8, 4) is 5.75 Å². The van der Waals surface area contributed by atoms with Crippen LogP contribution in [0, 0.1) is 5.92 Å². The molecule has 1 aliphatic heterocycles. The zero-order valence-corrected chi connectivity index (χ0v) is 15.3. The number of benzene rings is 2. The molecule has 2 aliphatic rings. The van der Waals surface area contributed by atoms with E-state index in [4.69, 9.17) is 4.74 Å². The normalized spacial score (nSPS) is 21.6. The molecule has 1 heterocycles. The van der Waals surface area contributed by atoms with Gasteiger partial charge in [0.05, 0.1) is 18.8 Å². The molecule has 1 atom stereocenters. The Morgan fingerprint density at radius 1 is 1.11 bits per heavy atom. The van der Waals surface area contributed by atoms with Gasteiger partial charge in [-0.1, -0.05) is 18.2 Å². The maximum Gasteiger partial charge on any atom is 0.251 e. The Labute approximate surface area is 158 Å². The fraction of sp³-hybridized carbons (Fsp3) is 0.364. The molecule has 5 nitrogen and oxygen atoms in total. The fourth-order valence-electron chi connectivity index (χ4n) is 3.86. The van der Waals surface area contributed by atoms with Crippen LogP contribution in [0.1, 0.15) is 57.7 Å². The van der Waals surface area contributed by atoms with Crippen molar-refractivity contribution in [2.24, 2.45) is 5.92 Å². The van der Waals surface area contributed by atoms with E-state index in [0.29, 0.717) is 30.6 Å². The summed E-state index contributed by atoms with van der Waals surface area (Å²) in [4.78, 5) is 24.2. The number of nitrogens with one attached hydrogen (secondary N) is 1. The number of amides is 1. The molecule has 1 amide bonds. The molecule has 0 bridgehead atoms. The van der Waals surface area contributed by atoms with Gasteiger partial charge in [0, 0.05) is 17.5 Å². The summed E-state index contributed by atoms with van der Waals surface area (Å²) in [7, 11) is 0. The average Bonchev–Trinajstić information content (AvgIpc) is 3.11. The molecule has 1 fully saturated rings. The number of aliphatic hydroxyl groups is 1. The lowest BCUT2D eigenvalue weighted by atomic mass is 9.74. The van der Waals surface area contributed by atoms with Gasteiger partial charge in [-0.3, -0.25) is 9.59 Å². The maximum atomic E-state index is 12.8. The zero-order valence-electron chi connectivity index (χ0n) is 15.3. The number of carbonyl (C=O) groups excluding carboxylic acids is 2. The number of Topliss-reactive ketones (excluding diaryl/α,β-unsaturated/α-hetero) is 1. The fourth-order valence-corrected chi connectivity index (χ4v) is 3.86. The van der Waals surface area contributed by atoms with Gasteiger partial charge in [0.15, 0.2) is 5.78 Å². The van der Waals surface area contributed by atoms with Crippen LogP contribution < -0.4 is 10.1 Å². The van der Waals surface area contributed by atoms with Crippen LogP contribution in [0.15, 0.2) is 42.5 Å². The second kappa shape index (κ2) is 7.16. The van der Waals surface area contributed by atoms with E-state index in [-0.39, 0.29) is 29.8 Å². The highest BCUT2D eigenvalue weighted by atomic mass is 16.5. The molecule has 5 heteroatoms. The van der Waals surface area contributed by atoms with Crippen LogP contribution in [0.5, 0.6) is 5.75 Å². The molecule has 4 rings (SSSR count). The summed E-state index contributed by atoms with van der Waals surface area (Å²) in [6.07, 6.45) is 1.95. The third-order valence-electron chi connectivity index (χ3n) is 5.53. The Morgan fingerprint density at radius 2 is 1.81 bits per heavy atom. The van der Waals surface area contributed by atoms with Gasteiger partial charge in [-0.15, -0.1) is 0 Å².